The summed E-state index contributed by atoms with van der Waals surface area (Å²) in [4.78, 5) is 8.53. The zero-order valence-electron chi connectivity index (χ0n) is 12.4. The first-order valence-electron chi connectivity index (χ1n) is 6.50. The summed E-state index contributed by atoms with van der Waals surface area (Å²) in [6, 6.07) is 4.97. The van der Waals surface area contributed by atoms with E-state index in [1.165, 1.54) is 7.11 Å². The molecule has 0 bridgehead atoms. The Morgan fingerprint density at radius 2 is 2.13 bits per heavy atom. The number of rotatable bonds is 4. The van der Waals surface area contributed by atoms with E-state index in [1.54, 1.807) is 35.1 Å². The van der Waals surface area contributed by atoms with Crippen molar-refractivity contribution >= 4 is 27.2 Å². The van der Waals surface area contributed by atoms with Crippen molar-refractivity contribution in [3.05, 3.63) is 30.6 Å². The van der Waals surface area contributed by atoms with Crippen molar-refractivity contribution in [3.63, 3.8) is 0 Å². The molecule has 0 saturated carbocycles. The van der Waals surface area contributed by atoms with Crippen molar-refractivity contribution in [1.29, 1.82) is 0 Å². The van der Waals surface area contributed by atoms with E-state index in [-0.39, 0.29) is 11.6 Å². The number of fused-ring (bicyclic) bond motifs is 1. The Hall–Kier alpha value is -2.88. The fourth-order valence-corrected chi connectivity index (χ4v) is 2.63. The van der Waals surface area contributed by atoms with E-state index in [4.69, 9.17) is 10.5 Å². The molecule has 0 aliphatic rings. The standard InChI is InChI=1S/C13H14N6O3S/c1-22-13-10(18-23(2,20)21)5-8(7-15-13)9-3-4-19-12(16-9)6-11(14)17-19/h3-7,18H,1-2H3,(H2,14,17). The van der Waals surface area contributed by atoms with Gasteiger partial charge >= 0.3 is 0 Å². The maximum atomic E-state index is 11.5. The summed E-state index contributed by atoms with van der Waals surface area (Å²) in [7, 11) is -2.05. The Morgan fingerprint density at radius 1 is 1.35 bits per heavy atom. The van der Waals surface area contributed by atoms with Crippen LogP contribution in [0, 0.1) is 0 Å². The van der Waals surface area contributed by atoms with Crippen molar-refractivity contribution in [3.8, 4) is 17.1 Å². The van der Waals surface area contributed by atoms with E-state index in [2.05, 4.69) is 19.8 Å². The maximum Gasteiger partial charge on any atom is 0.238 e. The van der Waals surface area contributed by atoms with Gasteiger partial charge in [0.1, 0.15) is 11.5 Å². The van der Waals surface area contributed by atoms with Gasteiger partial charge in [0.15, 0.2) is 5.65 Å². The average molecular weight is 334 g/mol. The van der Waals surface area contributed by atoms with Crippen LogP contribution in [0.4, 0.5) is 11.5 Å². The maximum absolute atomic E-state index is 11.5. The van der Waals surface area contributed by atoms with Crippen LogP contribution in [0.2, 0.25) is 0 Å². The van der Waals surface area contributed by atoms with Gasteiger partial charge < -0.3 is 10.5 Å². The van der Waals surface area contributed by atoms with Crippen LogP contribution < -0.4 is 15.2 Å². The first-order chi connectivity index (χ1) is 10.9. The number of nitrogens with zero attached hydrogens (tertiary/aromatic N) is 4. The molecule has 10 heteroatoms. The molecule has 0 radical (unpaired) electrons. The van der Waals surface area contributed by atoms with Crippen LogP contribution in [0.15, 0.2) is 30.6 Å². The topological polar surface area (TPSA) is 124 Å². The third kappa shape index (κ3) is 3.16. The number of nitrogens with two attached hydrogens (primary N) is 1. The molecule has 3 aromatic heterocycles. The smallest absolute Gasteiger partial charge is 0.238 e. The highest BCUT2D eigenvalue weighted by atomic mass is 32.2. The van der Waals surface area contributed by atoms with Gasteiger partial charge in [-0.05, 0) is 12.1 Å². The van der Waals surface area contributed by atoms with Crippen LogP contribution in [-0.4, -0.2) is 41.4 Å². The summed E-state index contributed by atoms with van der Waals surface area (Å²) in [5.74, 6) is 0.538. The summed E-state index contributed by atoms with van der Waals surface area (Å²) < 4.78 is 31.9. The Kier molecular flexibility index (Phi) is 3.52. The second-order valence-corrected chi connectivity index (χ2v) is 6.59. The van der Waals surface area contributed by atoms with Crippen LogP contribution in [-0.2, 0) is 10.0 Å². The van der Waals surface area contributed by atoms with Gasteiger partial charge in [-0.15, -0.1) is 5.10 Å². The van der Waals surface area contributed by atoms with Gasteiger partial charge in [0.25, 0.3) is 0 Å². The zero-order valence-corrected chi connectivity index (χ0v) is 13.2. The molecule has 0 amide bonds. The zero-order chi connectivity index (χ0) is 16.6. The van der Waals surface area contributed by atoms with E-state index >= 15 is 0 Å². The highest BCUT2D eigenvalue weighted by Crippen LogP contribution is 2.28. The molecule has 0 fully saturated rings. The number of methoxy groups -OCH3 is 1. The molecule has 0 aromatic carbocycles. The Labute approximate surface area is 132 Å². The number of nitrogens with one attached hydrogen (secondary N) is 1. The number of hydrogen-bond acceptors (Lipinski definition) is 7. The third-order valence-corrected chi connectivity index (χ3v) is 3.57. The fraction of sp³-hybridized carbons (Fsp3) is 0.154. The first kappa shape index (κ1) is 15.0. The highest BCUT2D eigenvalue weighted by Gasteiger charge is 2.12. The van der Waals surface area contributed by atoms with Crippen LogP contribution in [0.25, 0.3) is 16.9 Å². The summed E-state index contributed by atoms with van der Waals surface area (Å²) in [5, 5.41) is 4.05. The molecule has 0 saturated heterocycles. The van der Waals surface area contributed by atoms with E-state index in [0.717, 1.165) is 6.26 Å². The van der Waals surface area contributed by atoms with E-state index in [0.29, 0.717) is 22.7 Å². The monoisotopic (exact) mass is 334 g/mol. The Balaban J connectivity index is 2.08. The number of aromatic nitrogens is 4. The fourth-order valence-electron chi connectivity index (χ4n) is 2.09. The number of pyridine rings is 1. The quantitative estimate of drug-likeness (QED) is 0.721. The molecular formula is C13H14N6O3S. The van der Waals surface area contributed by atoms with Gasteiger partial charge in [-0.2, -0.15) is 0 Å². The Morgan fingerprint density at radius 3 is 2.83 bits per heavy atom. The van der Waals surface area contributed by atoms with E-state index in [9.17, 15) is 8.42 Å². The van der Waals surface area contributed by atoms with Crippen molar-refractivity contribution < 1.29 is 13.2 Å². The summed E-state index contributed by atoms with van der Waals surface area (Å²) in [5.41, 5.74) is 7.67. The number of ether oxygens (including phenoxy) is 1. The molecular weight excluding hydrogens is 320 g/mol. The van der Waals surface area contributed by atoms with Crippen molar-refractivity contribution in [2.24, 2.45) is 0 Å². The van der Waals surface area contributed by atoms with Crippen LogP contribution >= 0.6 is 0 Å². The van der Waals surface area contributed by atoms with Crippen LogP contribution in [0.3, 0.4) is 0 Å². The molecule has 0 aliphatic heterocycles. The van der Waals surface area contributed by atoms with Gasteiger partial charge in [0.05, 0.1) is 19.1 Å². The summed E-state index contributed by atoms with van der Waals surface area (Å²) in [6.07, 6.45) is 4.31. The molecule has 23 heavy (non-hydrogen) atoms. The van der Waals surface area contributed by atoms with E-state index in [1.807, 2.05) is 0 Å². The third-order valence-electron chi connectivity index (χ3n) is 2.98. The van der Waals surface area contributed by atoms with Gasteiger partial charge in [0, 0.05) is 24.0 Å². The first-order valence-corrected chi connectivity index (χ1v) is 8.39. The molecule has 0 aliphatic carbocycles. The molecule has 120 valence electrons. The number of sulfonamides is 1. The van der Waals surface area contributed by atoms with Gasteiger partial charge in [-0.3, -0.25) is 4.72 Å². The largest absolute Gasteiger partial charge is 0.480 e. The van der Waals surface area contributed by atoms with Crippen molar-refractivity contribution in [2.75, 3.05) is 23.8 Å². The number of hydrogen-bond donors (Lipinski definition) is 2. The minimum atomic E-state index is -3.46. The second-order valence-electron chi connectivity index (χ2n) is 4.84. The molecule has 0 spiro atoms. The Bertz CT molecular complexity index is 983. The van der Waals surface area contributed by atoms with Crippen molar-refractivity contribution in [1.82, 2.24) is 19.6 Å². The molecule has 3 rings (SSSR count). The van der Waals surface area contributed by atoms with Crippen LogP contribution in [0.5, 0.6) is 5.88 Å². The van der Waals surface area contributed by atoms with Gasteiger partial charge in [-0.1, -0.05) is 0 Å². The van der Waals surface area contributed by atoms with Crippen LogP contribution in [0.1, 0.15) is 0 Å². The molecule has 3 aromatic rings. The number of nitrogen functional groups attached to an aromatic ring is 1. The molecule has 3 heterocycles. The molecule has 0 unspecified atom stereocenters. The lowest BCUT2D eigenvalue weighted by atomic mass is 10.2. The lowest BCUT2D eigenvalue weighted by Crippen LogP contribution is -2.11. The average Bonchev–Trinajstić information content (AvgIpc) is 2.84. The summed E-state index contributed by atoms with van der Waals surface area (Å²) in [6.45, 7) is 0. The predicted molar refractivity (Wildman–Crippen MR) is 85.6 cm³/mol. The minimum Gasteiger partial charge on any atom is -0.480 e. The van der Waals surface area contributed by atoms with Gasteiger partial charge in [0.2, 0.25) is 15.9 Å². The molecule has 9 nitrogen and oxygen atoms in total. The minimum absolute atomic E-state index is 0.175. The summed E-state index contributed by atoms with van der Waals surface area (Å²) >= 11 is 0. The SMILES string of the molecule is COc1ncc(-c2ccn3nc(N)cc3n2)cc1NS(C)(=O)=O. The lowest BCUT2D eigenvalue weighted by molar-refractivity contribution is 0.400. The van der Waals surface area contributed by atoms with Gasteiger partial charge in [-0.25, -0.2) is 22.9 Å². The highest BCUT2D eigenvalue weighted by molar-refractivity contribution is 7.92. The second kappa shape index (κ2) is 5.39. The lowest BCUT2D eigenvalue weighted by Gasteiger charge is -2.10. The van der Waals surface area contributed by atoms with E-state index < -0.39 is 10.0 Å². The predicted octanol–water partition coefficient (Wildman–Crippen LogP) is 0.754. The van der Waals surface area contributed by atoms with Crippen molar-refractivity contribution in [2.45, 2.75) is 0 Å². The molecule has 0 atom stereocenters. The molecule has 3 N–H and O–H groups in total. The number of anilines is 2. The normalized spacial score (nSPS) is 11.6.